The van der Waals surface area contributed by atoms with Gasteiger partial charge in [0, 0.05) is 43.6 Å². The van der Waals surface area contributed by atoms with Gasteiger partial charge in [-0.25, -0.2) is 9.97 Å². The summed E-state index contributed by atoms with van der Waals surface area (Å²) in [5.41, 5.74) is 13.9. The molecule has 1 N–H and O–H groups in total. The minimum absolute atomic E-state index is 0. The summed E-state index contributed by atoms with van der Waals surface area (Å²) >= 11 is 0. The van der Waals surface area contributed by atoms with Crippen LogP contribution in [-0.4, -0.2) is 29.6 Å². The number of hydrogen-bond donors (Lipinski definition) is 1. The Kier molecular flexibility index (Phi) is 12.0. The second-order valence-corrected chi connectivity index (χ2v) is 19.5. The van der Waals surface area contributed by atoms with Crippen LogP contribution in [0, 0.1) is 6.07 Å². The molecule has 3 heterocycles. The van der Waals surface area contributed by atoms with E-state index >= 15 is 0 Å². The van der Waals surface area contributed by atoms with Crippen LogP contribution in [0.25, 0.3) is 61.9 Å². The Morgan fingerprint density at radius 3 is 1.81 bits per heavy atom. The fourth-order valence-electron chi connectivity index (χ4n) is 7.66. The Bertz CT molecular complexity index is 2610. The number of hydrogen-bond acceptors (Lipinski definition) is 5. The molecule has 6 nitrogen and oxygen atoms in total. The summed E-state index contributed by atoms with van der Waals surface area (Å²) in [4.78, 5) is 19.8. The largest absolute Gasteiger partial charge is 0.507 e. The van der Waals surface area contributed by atoms with Gasteiger partial charge in [-0.15, -0.1) is 24.3 Å². The summed E-state index contributed by atoms with van der Waals surface area (Å²) < 4.78 is 2.22. The molecular weight excluding hydrogens is 906 g/mol. The monoisotopic (exact) mass is 963 g/mol. The molecule has 0 aliphatic carbocycles. The summed E-state index contributed by atoms with van der Waals surface area (Å²) in [6.07, 6.45) is 3.39. The van der Waals surface area contributed by atoms with Gasteiger partial charge in [-0.2, -0.15) is 0 Å². The maximum Gasteiger partial charge on any atom is 0.160 e. The fourth-order valence-corrected chi connectivity index (χ4v) is 7.66. The van der Waals surface area contributed by atoms with Crippen LogP contribution in [0.3, 0.4) is 0 Å². The first-order valence-electron chi connectivity index (χ1n) is 20.6. The quantitative estimate of drug-likeness (QED) is 0.161. The maximum absolute atomic E-state index is 12.0. The van der Waals surface area contributed by atoms with Crippen LogP contribution in [0.1, 0.15) is 130 Å². The first kappa shape index (κ1) is 43.6. The van der Waals surface area contributed by atoms with Gasteiger partial charge in [-0.05, 0) is 85.7 Å². The molecule has 7 aromatic rings. The van der Waals surface area contributed by atoms with Crippen LogP contribution in [0.15, 0.2) is 97.5 Å². The van der Waals surface area contributed by atoms with Gasteiger partial charge >= 0.3 is 0 Å². The first-order chi connectivity index (χ1) is 27.2. The van der Waals surface area contributed by atoms with Crippen molar-refractivity contribution in [2.45, 2.75) is 118 Å². The summed E-state index contributed by atoms with van der Waals surface area (Å²) in [5, 5.41) is 12.0. The normalized spacial score (nSPS) is 12.4. The molecular formula is C52H58N5OPt-. The molecule has 0 aliphatic rings. The number of phenols is 1. The average molecular weight is 964 g/mol. The van der Waals surface area contributed by atoms with Crippen molar-refractivity contribution in [2.24, 2.45) is 0 Å². The van der Waals surface area contributed by atoms with Crippen molar-refractivity contribution in [2.75, 3.05) is 0 Å². The Morgan fingerprint density at radius 1 is 0.627 bits per heavy atom. The van der Waals surface area contributed by atoms with Gasteiger partial charge in [0.25, 0.3) is 0 Å². The van der Waals surface area contributed by atoms with E-state index in [1.807, 2.05) is 0 Å². The van der Waals surface area contributed by atoms with Crippen LogP contribution in [0.4, 0.5) is 0 Å². The van der Waals surface area contributed by atoms with Gasteiger partial charge in [0.05, 0.1) is 17.7 Å². The zero-order valence-corrected chi connectivity index (χ0v) is 39.2. The Hall–Kier alpha value is -4.93. The van der Waals surface area contributed by atoms with Gasteiger partial charge in [0.2, 0.25) is 0 Å². The number of nitrogens with zero attached hydrogens (tertiary/aromatic N) is 5. The predicted octanol–water partition coefficient (Wildman–Crippen LogP) is 13.5. The van der Waals surface area contributed by atoms with E-state index in [1.54, 1.807) is 12.5 Å². The molecule has 0 saturated heterocycles. The molecule has 308 valence electrons. The third kappa shape index (κ3) is 8.71. The summed E-state index contributed by atoms with van der Waals surface area (Å²) in [5.74, 6) is 1.45. The van der Waals surface area contributed by atoms with E-state index < -0.39 is 0 Å². The number of phenolic OH excluding ortho intramolecular Hbond substituents is 1. The molecule has 0 bridgehead atoms. The van der Waals surface area contributed by atoms with Gasteiger partial charge in [0.15, 0.2) is 5.65 Å². The summed E-state index contributed by atoms with van der Waals surface area (Å²) in [6.45, 7) is 28.7. The van der Waals surface area contributed by atoms with Gasteiger partial charge in [-0.1, -0.05) is 144 Å². The average Bonchev–Trinajstić information content (AvgIpc) is 3.56. The standard InChI is InChI=1S/C52H58N5O.Pt/c1-31(2)39-23-36(33-18-15-14-16-19-33)24-40(32(3)4)46(39)57-48(56-45-29-53-30-54-49(45)57)35-21-17-20-34(22-35)43-27-38(51(8,9)10)28-44(55-43)41-25-37(50(5,6)7)26-42(47(41)58)52(11,12)13;/h14-21,23-32,58H,1-13H3;/q-1;. The zero-order valence-electron chi connectivity index (χ0n) is 36.9. The second-order valence-electron chi connectivity index (χ2n) is 19.5. The van der Waals surface area contributed by atoms with E-state index in [4.69, 9.17) is 15.0 Å². The van der Waals surface area contributed by atoms with E-state index in [1.165, 1.54) is 22.3 Å². The molecule has 0 spiro atoms. The molecule has 7 heteroatoms. The van der Waals surface area contributed by atoms with Crippen molar-refractivity contribution in [3.05, 3.63) is 131 Å². The molecule has 0 unspecified atom stereocenters. The van der Waals surface area contributed by atoms with Crippen molar-refractivity contribution in [3.8, 4) is 56.5 Å². The Morgan fingerprint density at radius 2 is 1.22 bits per heavy atom. The van der Waals surface area contributed by atoms with Crippen molar-refractivity contribution in [1.29, 1.82) is 0 Å². The van der Waals surface area contributed by atoms with Crippen LogP contribution < -0.4 is 0 Å². The van der Waals surface area contributed by atoms with E-state index in [9.17, 15) is 5.11 Å². The first-order valence-corrected chi connectivity index (χ1v) is 20.6. The molecule has 59 heavy (non-hydrogen) atoms. The molecule has 0 fully saturated rings. The van der Waals surface area contributed by atoms with Crippen molar-refractivity contribution < 1.29 is 26.2 Å². The minimum Gasteiger partial charge on any atom is -0.507 e. The number of rotatable bonds is 7. The topological polar surface area (TPSA) is 76.7 Å². The molecule has 0 aliphatic heterocycles. The van der Waals surface area contributed by atoms with Crippen LogP contribution in [0.5, 0.6) is 5.75 Å². The van der Waals surface area contributed by atoms with Crippen molar-refractivity contribution >= 4 is 11.2 Å². The van der Waals surface area contributed by atoms with Gasteiger partial charge in [-0.3, -0.25) is 9.97 Å². The Labute approximate surface area is 365 Å². The maximum atomic E-state index is 12.0. The summed E-state index contributed by atoms with van der Waals surface area (Å²) in [6, 6.07) is 33.8. The molecule has 0 saturated carbocycles. The smallest absolute Gasteiger partial charge is 0.160 e. The number of aromatic nitrogens is 5. The fraction of sp³-hybridized carbons (Fsp3) is 0.346. The molecule has 0 radical (unpaired) electrons. The number of fused-ring (bicyclic) bond motifs is 1. The van der Waals surface area contributed by atoms with E-state index in [2.05, 4.69) is 191 Å². The zero-order chi connectivity index (χ0) is 41.9. The van der Waals surface area contributed by atoms with Crippen molar-refractivity contribution in [3.63, 3.8) is 0 Å². The van der Waals surface area contributed by atoms with Gasteiger partial charge in [0.1, 0.15) is 17.6 Å². The Balaban J connectivity index is 0.00000585. The van der Waals surface area contributed by atoms with Crippen LogP contribution in [0.2, 0.25) is 0 Å². The number of imidazole rings is 1. The van der Waals surface area contributed by atoms with Gasteiger partial charge < -0.3 is 9.67 Å². The van der Waals surface area contributed by atoms with E-state index in [0.717, 1.165) is 61.9 Å². The third-order valence-electron chi connectivity index (χ3n) is 11.1. The SMILES string of the molecule is CC(C)c1cc(-c2ccccc2)cc(C(C)C)c1-n1c(-c2[c-]c(-c3cc(C(C)(C)C)cc(-c4cc(C(C)(C)C)cc(C(C)(C)C)c4O)n3)ccc2)nc2cncnc21.[Pt]. The van der Waals surface area contributed by atoms with E-state index in [-0.39, 0.29) is 54.9 Å². The second kappa shape index (κ2) is 16.3. The molecule has 4 aromatic carbocycles. The minimum atomic E-state index is -0.269. The molecule has 3 aromatic heterocycles. The van der Waals surface area contributed by atoms with Crippen LogP contribution >= 0.6 is 0 Å². The van der Waals surface area contributed by atoms with E-state index in [0.29, 0.717) is 5.52 Å². The predicted molar refractivity (Wildman–Crippen MR) is 241 cm³/mol. The molecule has 0 atom stereocenters. The summed E-state index contributed by atoms with van der Waals surface area (Å²) in [7, 11) is 0. The van der Waals surface area contributed by atoms with Crippen LogP contribution in [-0.2, 0) is 37.3 Å². The third-order valence-corrected chi connectivity index (χ3v) is 11.1. The number of pyridine rings is 1. The molecule has 0 amide bonds. The van der Waals surface area contributed by atoms with Crippen molar-refractivity contribution in [1.82, 2.24) is 24.5 Å². The number of aromatic hydroxyl groups is 1. The molecule has 7 rings (SSSR count). The number of benzene rings is 4.